The first-order valence-electron chi connectivity index (χ1n) is 7.79. The van der Waals surface area contributed by atoms with Gasteiger partial charge in [-0.2, -0.15) is 0 Å². The number of aryl methyl sites for hydroxylation is 1. The Labute approximate surface area is 132 Å². The number of hydrogen-bond acceptors (Lipinski definition) is 0. The van der Waals surface area contributed by atoms with Crippen LogP contribution in [-0.4, -0.2) is 5.88 Å². The maximum absolute atomic E-state index is 5.79. The molecule has 0 spiro atoms. The molecule has 0 fully saturated rings. The van der Waals surface area contributed by atoms with Crippen LogP contribution in [0.3, 0.4) is 0 Å². The lowest BCUT2D eigenvalue weighted by molar-refractivity contribution is 0.726. The van der Waals surface area contributed by atoms with Gasteiger partial charge in [0.1, 0.15) is 0 Å². The fourth-order valence-electron chi connectivity index (χ4n) is 3.10. The van der Waals surface area contributed by atoms with Gasteiger partial charge in [-0.25, -0.2) is 0 Å². The van der Waals surface area contributed by atoms with Gasteiger partial charge in [-0.05, 0) is 46.7 Å². The minimum Gasteiger partial charge on any atom is -0.126 e. The standard InChI is InChI=1S/C20H21Cl/c1-2-3-17-8-9-19-14-18(10-11-20(17)19)16-6-4-15(5-7-16)12-13-21/h4-11,14,17H,2-3,12-13H2,1H3. The van der Waals surface area contributed by atoms with E-state index in [1.54, 1.807) is 0 Å². The van der Waals surface area contributed by atoms with Crippen LogP contribution in [-0.2, 0) is 6.42 Å². The number of fused-ring (bicyclic) bond motifs is 1. The number of rotatable bonds is 5. The zero-order valence-electron chi connectivity index (χ0n) is 12.5. The predicted octanol–water partition coefficient (Wildman–Crippen LogP) is 6.05. The van der Waals surface area contributed by atoms with Gasteiger partial charge < -0.3 is 0 Å². The lowest BCUT2D eigenvalue weighted by Gasteiger charge is -2.11. The van der Waals surface area contributed by atoms with Crippen molar-refractivity contribution in [1.82, 2.24) is 0 Å². The van der Waals surface area contributed by atoms with Crippen molar-refractivity contribution < 1.29 is 0 Å². The second-order valence-electron chi connectivity index (χ2n) is 5.73. The van der Waals surface area contributed by atoms with Crippen molar-refractivity contribution in [2.75, 3.05) is 5.88 Å². The molecular formula is C20H21Cl. The van der Waals surface area contributed by atoms with Crippen LogP contribution in [0.4, 0.5) is 0 Å². The molecule has 0 saturated carbocycles. The van der Waals surface area contributed by atoms with E-state index in [1.165, 1.54) is 40.7 Å². The molecule has 2 aromatic rings. The molecule has 1 atom stereocenters. The molecule has 1 aliphatic carbocycles. The van der Waals surface area contributed by atoms with Gasteiger partial charge in [0.25, 0.3) is 0 Å². The molecule has 21 heavy (non-hydrogen) atoms. The molecule has 0 N–H and O–H groups in total. The van der Waals surface area contributed by atoms with E-state index in [4.69, 9.17) is 11.6 Å². The van der Waals surface area contributed by atoms with Crippen LogP contribution in [0.25, 0.3) is 17.2 Å². The van der Waals surface area contributed by atoms with Crippen molar-refractivity contribution in [2.45, 2.75) is 32.1 Å². The molecule has 1 aliphatic rings. The third-order valence-corrected chi connectivity index (χ3v) is 4.45. The highest BCUT2D eigenvalue weighted by Gasteiger charge is 2.16. The Bertz CT molecular complexity index is 637. The van der Waals surface area contributed by atoms with E-state index in [0.717, 1.165) is 6.42 Å². The molecule has 0 radical (unpaired) electrons. The molecule has 1 unspecified atom stereocenters. The Hall–Kier alpha value is -1.53. The molecule has 0 aliphatic heterocycles. The maximum atomic E-state index is 5.79. The van der Waals surface area contributed by atoms with E-state index < -0.39 is 0 Å². The van der Waals surface area contributed by atoms with Crippen molar-refractivity contribution in [3.63, 3.8) is 0 Å². The number of benzene rings is 2. The molecule has 108 valence electrons. The Morgan fingerprint density at radius 3 is 2.48 bits per heavy atom. The van der Waals surface area contributed by atoms with Crippen molar-refractivity contribution in [1.29, 1.82) is 0 Å². The summed E-state index contributed by atoms with van der Waals surface area (Å²) < 4.78 is 0. The fourth-order valence-corrected chi connectivity index (χ4v) is 3.31. The number of hydrogen-bond donors (Lipinski definition) is 0. The van der Waals surface area contributed by atoms with Gasteiger partial charge in [-0.15, -0.1) is 11.6 Å². The molecule has 0 saturated heterocycles. The van der Waals surface area contributed by atoms with Crippen molar-refractivity contribution in [3.05, 3.63) is 65.2 Å². The second kappa shape index (κ2) is 6.49. The molecule has 1 heteroatoms. The van der Waals surface area contributed by atoms with E-state index >= 15 is 0 Å². The summed E-state index contributed by atoms with van der Waals surface area (Å²) in [4.78, 5) is 0. The van der Waals surface area contributed by atoms with Crippen molar-refractivity contribution >= 4 is 17.7 Å². The van der Waals surface area contributed by atoms with Gasteiger partial charge in [0.2, 0.25) is 0 Å². The Morgan fingerprint density at radius 1 is 1.00 bits per heavy atom. The lowest BCUT2D eigenvalue weighted by atomic mass is 9.93. The van der Waals surface area contributed by atoms with Crippen LogP contribution in [0, 0.1) is 0 Å². The van der Waals surface area contributed by atoms with Gasteiger partial charge in [0, 0.05) is 11.8 Å². The summed E-state index contributed by atoms with van der Waals surface area (Å²) in [7, 11) is 0. The molecule has 0 aromatic heterocycles. The third-order valence-electron chi connectivity index (χ3n) is 4.26. The summed E-state index contributed by atoms with van der Waals surface area (Å²) in [5.41, 5.74) is 6.75. The van der Waals surface area contributed by atoms with Crippen molar-refractivity contribution in [2.24, 2.45) is 0 Å². The van der Waals surface area contributed by atoms with Gasteiger partial charge in [-0.1, -0.05) is 61.9 Å². The maximum Gasteiger partial charge on any atom is 0.0263 e. The molecule has 0 nitrogen and oxygen atoms in total. The van der Waals surface area contributed by atoms with Crippen LogP contribution < -0.4 is 0 Å². The summed E-state index contributed by atoms with van der Waals surface area (Å²) in [6.07, 6.45) is 8.05. The zero-order valence-corrected chi connectivity index (χ0v) is 13.2. The number of alkyl halides is 1. The summed E-state index contributed by atoms with van der Waals surface area (Å²) >= 11 is 5.79. The molecule has 0 amide bonds. The average molecular weight is 297 g/mol. The Balaban J connectivity index is 1.86. The van der Waals surface area contributed by atoms with Crippen LogP contribution in [0.1, 0.15) is 42.4 Å². The molecular weight excluding hydrogens is 276 g/mol. The Morgan fingerprint density at radius 2 is 1.76 bits per heavy atom. The van der Waals surface area contributed by atoms with Crippen LogP contribution in [0.15, 0.2) is 48.5 Å². The summed E-state index contributed by atoms with van der Waals surface area (Å²) in [5, 5.41) is 0. The van der Waals surface area contributed by atoms with Crippen LogP contribution in [0.2, 0.25) is 0 Å². The first-order chi connectivity index (χ1) is 10.3. The lowest BCUT2D eigenvalue weighted by Crippen LogP contribution is -1.93. The van der Waals surface area contributed by atoms with E-state index in [0.29, 0.717) is 11.8 Å². The van der Waals surface area contributed by atoms with Gasteiger partial charge in [-0.3, -0.25) is 0 Å². The summed E-state index contributed by atoms with van der Waals surface area (Å²) in [5.74, 6) is 1.30. The highest BCUT2D eigenvalue weighted by atomic mass is 35.5. The van der Waals surface area contributed by atoms with E-state index in [1.807, 2.05) is 0 Å². The van der Waals surface area contributed by atoms with Crippen LogP contribution >= 0.6 is 11.6 Å². The number of halogens is 1. The van der Waals surface area contributed by atoms with Gasteiger partial charge >= 0.3 is 0 Å². The van der Waals surface area contributed by atoms with E-state index in [2.05, 4.69) is 61.5 Å². The normalized spacial score (nSPS) is 16.2. The van der Waals surface area contributed by atoms with Crippen molar-refractivity contribution in [3.8, 4) is 11.1 Å². The third kappa shape index (κ3) is 3.06. The Kier molecular flexibility index (Phi) is 4.45. The minimum absolute atomic E-state index is 0.616. The SMILES string of the molecule is CCCC1C=Cc2cc(-c3ccc(CCCl)cc3)ccc21. The molecule has 3 rings (SSSR count). The fraction of sp³-hybridized carbons (Fsp3) is 0.300. The summed E-state index contributed by atoms with van der Waals surface area (Å²) in [6, 6.07) is 15.6. The molecule has 0 bridgehead atoms. The molecule has 2 aromatic carbocycles. The topological polar surface area (TPSA) is 0 Å². The number of allylic oxidation sites excluding steroid dienone is 1. The van der Waals surface area contributed by atoms with Gasteiger partial charge in [0.05, 0.1) is 0 Å². The van der Waals surface area contributed by atoms with E-state index in [9.17, 15) is 0 Å². The second-order valence-corrected chi connectivity index (χ2v) is 6.11. The predicted molar refractivity (Wildman–Crippen MR) is 93.0 cm³/mol. The molecule has 0 heterocycles. The largest absolute Gasteiger partial charge is 0.126 e. The zero-order chi connectivity index (χ0) is 14.7. The van der Waals surface area contributed by atoms with Gasteiger partial charge in [0.15, 0.2) is 0 Å². The monoisotopic (exact) mass is 296 g/mol. The average Bonchev–Trinajstić information content (AvgIpc) is 2.91. The smallest absolute Gasteiger partial charge is 0.0263 e. The quantitative estimate of drug-likeness (QED) is 0.590. The highest BCUT2D eigenvalue weighted by Crippen LogP contribution is 2.35. The minimum atomic E-state index is 0.616. The summed E-state index contributed by atoms with van der Waals surface area (Å²) in [6.45, 7) is 2.25. The first kappa shape index (κ1) is 14.4. The highest BCUT2D eigenvalue weighted by molar-refractivity contribution is 6.17. The first-order valence-corrected chi connectivity index (χ1v) is 8.32. The van der Waals surface area contributed by atoms with Crippen LogP contribution in [0.5, 0.6) is 0 Å². The van der Waals surface area contributed by atoms with E-state index in [-0.39, 0.29) is 0 Å².